The minimum atomic E-state index is -4.22. The maximum Gasteiger partial charge on any atom is 0.411 e. The van der Waals surface area contributed by atoms with Gasteiger partial charge < -0.3 is 15.4 Å². The minimum Gasteiger partial charge on any atom is -0.372 e. The maximum absolute atomic E-state index is 11.8. The lowest BCUT2D eigenvalue weighted by atomic mass is 9.93. The van der Waals surface area contributed by atoms with Crippen molar-refractivity contribution in [3.05, 3.63) is 0 Å². The summed E-state index contributed by atoms with van der Waals surface area (Å²) in [4.78, 5) is 2.30. The van der Waals surface area contributed by atoms with E-state index >= 15 is 0 Å². The topological polar surface area (TPSA) is 38.5 Å². The van der Waals surface area contributed by atoms with E-state index in [-0.39, 0.29) is 6.61 Å². The molecule has 1 aliphatic rings. The Bertz CT molecular complexity index is 236. The van der Waals surface area contributed by atoms with Crippen LogP contribution in [0.25, 0.3) is 0 Å². The van der Waals surface area contributed by atoms with E-state index in [4.69, 9.17) is 5.73 Å². The molecule has 0 spiro atoms. The third kappa shape index (κ3) is 6.02. The molecule has 0 aromatic heterocycles. The number of ether oxygens (including phenoxy) is 1. The van der Waals surface area contributed by atoms with Crippen LogP contribution in [0.15, 0.2) is 0 Å². The molecule has 1 fully saturated rings. The van der Waals surface area contributed by atoms with Gasteiger partial charge in [-0.05, 0) is 38.6 Å². The Balaban J connectivity index is 2.13. The van der Waals surface area contributed by atoms with Gasteiger partial charge in [-0.25, -0.2) is 0 Å². The van der Waals surface area contributed by atoms with Crippen LogP contribution in [-0.4, -0.2) is 50.0 Å². The third-order valence-corrected chi connectivity index (χ3v) is 3.44. The molecule has 6 heteroatoms. The van der Waals surface area contributed by atoms with Gasteiger partial charge in [-0.3, -0.25) is 0 Å². The summed E-state index contributed by atoms with van der Waals surface area (Å²) in [6, 6.07) is 0.496. The van der Waals surface area contributed by atoms with E-state index in [0.717, 1.165) is 25.9 Å². The lowest BCUT2D eigenvalue weighted by Gasteiger charge is -2.37. The molecule has 3 nitrogen and oxygen atoms in total. The highest BCUT2D eigenvalue weighted by atomic mass is 19.4. The molecule has 0 amide bonds. The smallest absolute Gasteiger partial charge is 0.372 e. The van der Waals surface area contributed by atoms with Crippen LogP contribution in [0.5, 0.6) is 0 Å². The first-order valence-corrected chi connectivity index (χ1v) is 6.51. The second-order valence-electron chi connectivity index (χ2n) is 5.04. The molecular weight excluding hydrogens is 245 g/mol. The van der Waals surface area contributed by atoms with Crippen molar-refractivity contribution in [3.63, 3.8) is 0 Å². The number of rotatable bonds is 6. The number of nitrogens with two attached hydrogens (primary N) is 1. The molecule has 0 bridgehead atoms. The number of piperidine rings is 1. The van der Waals surface area contributed by atoms with Crippen molar-refractivity contribution in [1.29, 1.82) is 0 Å². The Hall–Kier alpha value is -0.330. The van der Waals surface area contributed by atoms with Crippen LogP contribution in [0.2, 0.25) is 0 Å². The zero-order valence-corrected chi connectivity index (χ0v) is 10.9. The average Bonchev–Trinajstić information content (AvgIpc) is 2.29. The molecule has 1 aliphatic heterocycles. The molecule has 0 aromatic rings. The van der Waals surface area contributed by atoms with Gasteiger partial charge in [0.2, 0.25) is 0 Å². The highest BCUT2D eigenvalue weighted by Crippen LogP contribution is 2.21. The summed E-state index contributed by atoms with van der Waals surface area (Å²) in [5.41, 5.74) is 5.66. The standard InChI is InChI=1S/C12H23F3N2O/c1-10-3-4-11(7-16)8-17(10)5-2-6-18-9-12(13,14)15/h10-11H,2-9,16H2,1H3. The SMILES string of the molecule is CC1CCC(CN)CN1CCCOCC(F)(F)F. The van der Waals surface area contributed by atoms with Gasteiger partial charge in [0.1, 0.15) is 6.61 Å². The van der Waals surface area contributed by atoms with Crippen LogP contribution in [-0.2, 0) is 4.74 Å². The second-order valence-corrected chi connectivity index (χ2v) is 5.04. The molecule has 1 heterocycles. The van der Waals surface area contributed by atoms with Crippen LogP contribution in [0.4, 0.5) is 13.2 Å². The largest absolute Gasteiger partial charge is 0.411 e. The number of halogens is 3. The van der Waals surface area contributed by atoms with Gasteiger partial charge in [-0.1, -0.05) is 0 Å². The number of hydrogen-bond donors (Lipinski definition) is 1. The van der Waals surface area contributed by atoms with E-state index in [1.165, 1.54) is 0 Å². The molecule has 0 saturated carbocycles. The first-order valence-electron chi connectivity index (χ1n) is 6.51. The highest BCUT2D eigenvalue weighted by Gasteiger charge is 2.27. The molecule has 18 heavy (non-hydrogen) atoms. The average molecular weight is 268 g/mol. The van der Waals surface area contributed by atoms with Crippen LogP contribution in [0.1, 0.15) is 26.2 Å². The summed E-state index contributed by atoms with van der Waals surface area (Å²) in [5, 5.41) is 0. The summed E-state index contributed by atoms with van der Waals surface area (Å²) in [5.74, 6) is 0.525. The molecule has 0 aromatic carbocycles. The van der Waals surface area contributed by atoms with Gasteiger partial charge in [0.15, 0.2) is 0 Å². The molecule has 2 unspecified atom stereocenters. The van der Waals surface area contributed by atoms with Gasteiger partial charge in [-0.2, -0.15) is 13.2 Å². The summed E-state index contributed by atoms with van der Waals surface area (Å²) in [6.45, 7) is 3.60. The van der Waals surface area contributed by atoms with Gasteiger partial charge in [-0.15, -0.1) is 0 Å². The predicted molar refractivity (Wildman–Crippen MR) is 64.3 cm³/mol. The molecule has 2 N–H and O–H groups in total. The molecule has 2 atom stereocenters. The number of hydrogen-bond acceptors (Lipinski definition) is 3. The Kier molecular flexibility index (Phi) is 6.38. The van der Waals surface area contributed by atoms with E-state index in [0.29, 0.717) is 24.9 Å². The van der Waals surface area contributed by atoms with Gasteiger partial charge in [0.05, 0.1) is 0 Å². The fourth-order valence-electron chi connectivity index (χ4n) is 2.32. The van der Waals surface area contributed by atoms with Crippen molar-refractivity contribution in [2.75, 3.05) is 32.8 Å². The first kappa shape index (κ1) is 15.7. The molecule has 108 valence electrons. The molecule has 1 rings (SSSR count). The van der Waals surface area contributed by atoms with Crippen molar-refractivity contribution in [1.82, 2.24) is 4.90 Å². The molecule has 1 saturated heterocycles. The fraction of sp³-hybridized carbons (Fsp3) is 1.00. The number of alkyl halides is 3. The van der Waals surface area contributed by atoms with E-state index in [2.05, 4.69) is 16.6 Å². The quantitative estimate of drug-likeness (QED) is 0.749. The Labute approximate surface area is 106 Å². The van der Waals surface area contributed by atoms with Crippen LogP contribution in [0.3, 0.4) is 0 Å². The van der Waals surface area contributed by atoms with E-state index in [9.17, 15) is 13.2 Å². The molecule has 0 aliphatic carbocycles. The van der Waals surface area contributed by atoms with E-state index in [1.807, 2.05) is 0 Å². The summed E-state index contributed by atoms with van der Waals surface area (Å²) in [6.07, 6.45) is -1.31. The Morgan fingerprint density at radius 1 is 1.33 bits per heavy atom. The van der Waals surface area contributed by atoms with E-state index in [1.54, 1.807) is 0 Å². The summed E-state index contributed by atoms with van der Waals surface area (Å²) < 4.78 is 40.1. The number of nitrogens with zero attached hydrogens (tertiary/aromatic N) is 1. The highest BCUT2D eigenvalue weighted by molar-refractivity contribution is 4.79. The van der Waals surface area contributed by atoms with Gasteiger partial charge in [0.25, 0.3) is 0 Å². The normalized spacial score (nSPS) is 26.5. The maximum atomic E-state index is 11.8. The Morgan fingerprint density at radius 2 is 2.06 bits per heavy atom. The van der Waals surface area contributed by atoms with Crippen LogP contribution in [0, 0.1) is 5.92 Å². The third-order valence-electron chi connectivity index (χ3n) is 3.44. The first-order chi connectivity index (χ1) is 8.42. The monoisotopic (exact) mass is 268 g/mol. The van der Waals surface area contributed by atoms with Gasteiger partial charge in [0, 0.05) is 25.7 Å². The van der Waals surface area contributed by atoms with Crippen LogP contribution >= 0.6 is 0 Å². The van der Waals surface area contributed by atoms with Crippen molar-refractivity contribution in [3.8, 4) is 0 Å². The summed E-state index contributed by atoms with van der Waals surface area (Å²) >= 11 is 0. The second kappa shape index (κ2) is 7.31. The van der Waals surface area contributed by atoms with Crippen molar-refractivity contribution in [2.45, 2.75) is 38.4 Å². The minimum absolute atomic E-state index is 0.163. The van der Waals surface area contributed by atoms with Crippen molar-refractivity contribution >= 4 is 0 Å². The van der Waals surface area contributed by atoms with Crippen molar-refractivity contribution < 1.29 is 17.9 Å². The Morgan fingerprint density at radius 3 is 2.67 bits per heavy atom. The fourth-order valence-corrected chi connectivity index (χ4v) is 2.32. The zero-order valence-electron chi connectivity index (χ0n) is 10.9. The summed E-state index contributed by atoms with van der Waals surface area (Å²) in [7, 11) is 0. The molecular formula is C12H23F3N2O. The van der Waals surface area contributed by atoms with Crippen LogP contribution < -0.4 is 5.73 Å². The number of likely N-dealkylation sites (tertiary alicyclic amines) is 1. The predicted octanol–water partition coefficient (Wildman–Crippen LogP) is 2.01. The van der Waals surface area contributed by atoms with E-state index < -0.39 is 12.8 Å². The van der Waals surface area contributed by atoms with Crippen molar-refractivity contribution in [2.24, 2.45) is 11.7 Å². The van der Waals surface area contributed by atoms with Gasteiger partial charge >= 0.3 is 6.18 Å². The lowest BCUT2D eigenvalue weighted by Crippen LogP contribution is -2.44. The lowest BCUT2D eigenvalue weighted by molar-refractivity contribution is -0.174. The molecule has 0 radical (unpaired) electrons. The zero-order chi connectivity index (χ0) is 13.6.